The number of nitrogens with zero attached hydrogens (tertiary/aromatic N) is 2. The van der Waals surface area contributed by atoms with E-state index < -0.39 is 0 Å². The van der Waals surface area contributed by atoms with Crippen LogP contribution in [0, 0.1) is 22.7 Å². The summed E-state index contributed by atoms with van der Waals surface area (Å²) in [5.41, 5.74) is 6.60. The van der Waals surface area contributed by atoms with Crippen LogP contribution in [0.15, 0.2) is 64.6 Å². The zero-order chi connectivity index (χ0) is 40.4. The first kappa shape index (κ1) is 39.9. The number of benzene rings is 4. The fraction of sp³-hybridized carbons (Fsp3) is 0.469. The van der Waals surface area contributed by atoms with Gasteiger partial charge in [-0.15, -0.1) is 0 Å². The number of hydrogen-bond donors (Lipinski definition) is 7. The number of rotatable bonds is 14. The van der Waals surface area contributed by atoms with Crippen LogP contribution in [-0.4, -0.2) is 61.9 Å². The quantitative estimate of drug-likeness (QED) is 0.0381. The molecule has 306 valence electrons. The number of unbranched alkanes of at least 4 members (excludes halogenated alkanes) is 2. The zero-order valence-electron chi connectivity index (χ0n) is 33.8. The van der Waals surface area contributed by atoms with E-state index in [1.165, 1.54) is 55.0 Å². The Balaban J connectivity index is 1.06. The number of fused-ring (bicyclic) bond motifs is 1. The minimum atomic E-state index is -0.357. The van der Waals surface area contributed by atoms with Gasteiger partial charge in [0.15, 0.2) is 23.0 Å². The van der Waals surface area contributed by atoms with E-state index in [-0.39, 0.29) is 57.0 Å². The number of hydrogen-bond acceptors (Lipinski definition) is 9. The van der Waals surface area contributed by atoms with Crippen molar-refractivity contribution in [3.8, 4) is 28.7 Å². The maximum Gasteiger partial charge on any atom is 0.169 e. The zero-order valence-corrected chi connectivity index (χ0v) is 33.8. The average molecular weight is 786 g/mol. The molecule has 3 saturated carbocycles. The molecule has 9 heteroatoms. The number of aliphatic hydroxyl groups excluding tert-OH is 1. The summed E-state index contributed by atoms with van der Waals surface area (Å²) in [6, 6.07) is 16.3. The molecule has 4 aliphatic rings. The van der Waals surface area contributed by atoms with Gasteiger partial charge >= 0.3 is 0 Å². The fourth-order valence-electron chi connectivity index (χ4n) is 11.7. The SMILES string of the molecule is CCCCCc1cc(CCc2c(O)c(O)c3c(O)cccc3c2C=Cc2ccc(O)c(O)c2)ccc1CNCC1(C2=NCN=C2)CCCC23CCCC2CCC(O)C13. The number of aryl methyl sites for hydroxylation is 2. The molecule has 9 nitrogen and oxygen atoms in total. The maximum absolute atomic E-state index is 11.8. The van der Waals surface area contributed by atoms with Crippen LogP contribution < -0.4 is 5.32 Å². The van der Waals surface area contributed by atoms with Crippen LogP contribution in [0.3, 0.4) is 0 Å². The van der Waals surface area contributed by atoms with Crippen LogP contribution in [0.1, 0.15) is 111 Å². The normalized spacial score (nSPS) is 25.3. The Bertz CT molecular complexity index is 2250. The first-order valence-electron chi connectivity index (χ1n) is 21.6. The highest BCUT2D eigenvalue weighted by Crippen LogP contribution is 2.66. The molecule has 7 N–H and O–H groups in total. The van der Waals surface area contributed by atoms with E-state index in [0.717, 1.165) is 75.7 Å². The van der Waals surface area contributed by atoms with Crippen molar-refractivity contribution >= 4 is 34.9 Å². The first-order valence-corrected chi connectivity index (χ1v) is 21.6. The summed E-state index contributed by atoms with van der Waals surface area (Å²) in [5, 5.41) is 69.7. The molecule has 0 aromatic heterocycles. The summed E-state index contributed by atoms with van der Waals surface area (Å²) in [4.78, 5) is 9.53. The van der Waals surface area contributed by atoms with E-state index >= 15 is 0 Å². The van der Waals surface area contributed by atoms with Gasteiger partial charge in [0.1, 0.15) is 12.4 Å². The molecule has 5 atom stereocenters. The smallest absolute Gasteiger partial charge is 0.169 e. The Kier molecular flexibility index (Phi) is 11.6. The van der Waals surface area contributed by atoms with E-state index in [9.17, 15) is 30.6 Å². The van der Waals surface area contributed by atoms with Gasteiger partial charge in [0, 0.05) is 36.2 Å². The fourth-order valence-corrected chi connectivity index (χ4v) is 11.7. The molecule has 0 radical (unpaired) electrons. The average Bonchev–Trinajstić information content (AvgIpc) is 3.91. The summed E-state index contributed by atoms with van der Waals surface area (Å²) >= 11 is 0. The Labute approximate surface area is 341 Å². The standard InChI is InChI=1S/C49H59N3O6/c1-2-3-4-8-33-25-31(14-19-38-36(18-13-32-15-20-39(53)42(56)26-32)37-10-5-11-40(54)44(37)46(58)45(38)57)12-16-34(33)27-50-29-49(43-28-51-30-52-43)24-7-23-48-22-6-9-35(48)17-21-41(55)47(48)49/h5,10-13,15-16,18,20,25-26,28,35,41,47,50,53-58H,2-4,6-9,14,17,19,21-24,27,29-30H2,1H3. The van der Waals surface area contributed by atoms with Crippen LogP contribution in [0.2, 0.25) is 0 Å². The Morgan fingerprint density at radius 1 is 0.793 bits per heavy atom. The van der Waals surface area contributed by atoms with Crippen molar-refractivity contribution in [2.24, 2.45) is 32.7 Å². The molecule has 3 aliphatic carbocycles. The van der Waals surface area contributed by atoms with Gasteiger partial charge < -0.3 is 36.0 Å². The highest BCUT2D eigenvalue weighted by atomic mass is 16.3. The lowest BCUT2D eigenvalue weighted by atomic mass is 9.45. The summed E-state index contributed by atoms with van der Waals surface area (Å²) in [7, 11) is 0. The van der Waals surface area contributed by atoms with E-state index in [1.54, 1.807) is 18.2 Å². The Morgan fingerprint density at radius 2 is 1.66 bits per heavy atom. The second-order valence-electron chi connectivity index (χ2n) is 17.5. The molecular weight excluding hydrogens is 727 g/mol. The van der Waals surface area contributed by atoms with E-state index in [1.807, 2.05) is 18.4 Å². The van der Waals surface area contributed by atoms with Crippen molar-refractivity contribution in [3.63, 3.8) is 0 Å². The Hall–Kier alpha value is -4.86. The summed E-state index contributed by atoms with van der Waals surface area (Å²) < 4.78 is 0. The van der Waals surface area contributed by atoms with Crippen LogP contribution in [0.4, 0.5) is 0 Å². The van der Waals surface area contributed by atoms with E-state index in [0.29, 0.717) is 47.5 Å². The molecule has 3 fully saturated rings. The minimum absolute atomic E-state index is 0.134. The summed E-state index contributed by atoms with van der Waals surface area (Å²) in [6.07, 6.45) is 19.8. The van der Waals surface area contributed by atoms with Crippen molar-refractivity contribution < 1.29 is 30.6 Å². The number of phenolic OH excluding ortho intramolecular Hbond substituents is 5. The molecule has 0 amide bonds. The first-order chi connectivity index (χ1) is 28.1. The van der Waals surface area contributed by atoms with Gasteiger partial charge in [0.25, 0.3) is 0 Å². The number of nitrogens with one attached hydrogen (secondary N) is 1. The maximum atomic E-state index is 11.8. The van der Waals surface area contributed by atoms with Crippen LogP contribution in [0.25, 0.3) is 22.9 Å². The predicted octanol–water partition coefficient (Wildman–Crippen LogP) is 9.36. The predicted molar refractivity (Wildman–Crippen MR) is 232 cm³/mol. The summed E-state index contributed by atoms with van der Waals surface area (Å²) in [5.74, 6) is -0.320. The van der Waals surface area contributed by atoms with Crippen molar-refractivity contribution in [1.29, 1.82) is 0 Å². The molecule has 1 heterocycles. The van der Waals surface area contributed by atoms with Gasteiger partial charge in [0.2, 0.25) is 0 Å². The molecule has 58 heavy (non-hydrogen) atoms. The number of aliphatic imine (C=N–C) groups is 2. The Morgan fingerprint density at radius 3 is 2.47 bits per heavy atom. The second-order valence-corrected chi connectivity index (χ2v) is 17.5. The highest BCUT2D eigenvalue weighted by Gasteiger charge is 2.63. The third-order valence-electron chi connectivity index (χ3n) is 14.3. The van der Waals surface area contributed by atoms with E-state index in [4.69, 9.17) is 4.99 Å². The molecular formula is C49H59N3O6. The number of phenols is 5. The van der Waals surface area contributed by atoms with Gasteiger partial charge in [-0.2, -0.15) is 0 Å². The lowest BCUT2D eigenvalue weighted by Gasteiger charge is -2.60. The second kappa shape index (κ2) is 16.8. The summed E-state index contributed by atoms with van der Waals surface area (Å²) in [6.45, 7) is 4.20. The lowest BCUT2D eigenvalue weighted by molar-refractivity contribution is -0.124. The molecule has 0 saturated heterocycles. The molecule has 1 spiro atoms. The largest absolute Gasteiger partial charge is 0.507 e. The van der Waals surface area contributed by atoms with Crippen LogP contribution in [-0.2, 0) is 25.8 Å². The van der Waals surface area contributed by atoms with Gasteiger partial charge in [-0.25, -0.2) is 0 Å². The van der Waals surface area contributed by atoms with Gasteiger partial charge in [0.05, 0.1) is 17.2 Å². The number of aromatic hydroxyl groups is 5. The molecule has 8 rings (SSSR count). The third kappa shape index (κ3) is 7.36. The van der Waals surface area contributed by atoms with Crippen molar-refractivity contribution in [2.75, 3.05) is 13.2 Å². The number of aliphatic hydroxyl groups is 1. The van der Waals surface area contributed by atoms with Crippen molar-refractivity contribution in [1.82, 2.24) is 5.32 Å². The molecule has 4 aromatic carbocycles. The minimum Gasteiger partial charge on any atom is -0.507 e. The molecule has 1 aliphatic heterocycles. The molecule has 0 bridgehead atoms. The molecule has 4 aromatic rings. The highest BCUT2D eigenvalue weighted by molar-refractivity contribution is 6.34. The lowest BCUT2D eigenvalue weighted by Crippen LogP contribution is -2.61. The van der Waals surface area contributed by atoms with Crippen molar-refractivity contribution in [2.45, 2.75) is 109 Å². The van der Waals surface area contributed by atoms with Gasteiger partial charge in [-0.1, -0.05) is 81.2 Å². The molecule has 5 unspecified atom stereocenters. The van der Waals surface area contributed by atoms with E-state index in [2.05, 4.69) is 35.4 Å². The van der Waals surface area contributed by atoms with Crippen molar-refractivity contribution in [3.05, 3.63) is 88.0 Å². The van der Waals surface area contributed by atoms with Gasteiger partial charge in [-0.3, -0.25) is 9.98 Å². The monoisotopic (exact) mass is 785 g/mol. The van der Waals surface area contributed by atoms with Crippen LogP contribution in [0.5, 0.6) is 28.7 Å². The van der Waals surface area contributed by atoms with Crippen LogP contribution >= 0.6 is 0 Å². The van der Waals surface area contributed by atoms with Gasteiger partial charge in [-0.05, 0) is 127 Å². The topological polar surface area (TPSA) is 158 Å². The third-order valence-corrected chi connectivity index (χ3v) is 14.3.